The molecule has 1 unspecified atom stereocenters. The summed E-state index contributed by atoms with van der Waals surface area (Å²) in [6, 6.07) is 8.00. The largest absolute Gasteiger partial charge is 0.489 e. The number of benzene rings is 1. The van der Waals surface area contributed by atoms with Crippen molar-refractivity contribution in [2.24, 2.45) is 5.92 Å². The zero-order valence-electron chi connectivity index (χ0n) is 10.2. The summed E-state index contributed by atoms with van der Waals surface area (Å²) in [5.74, 6) is 1.44. The van der Waals surface area contributed by atoms with Gasteiger partial charge in [-0.25, -0.2) is 0 Å². The van der Waals surface area contributed by atoms with Crippen LogP contribution >= 0.6 is 0 Å². The van der Waals surface area contributed by atoms with E-state index in [-0.39, 0.29) is 0 Å². The number of nitrogens with zero attached hydrogens (tertiary/aromatic N) is 1. The van der Waals surface area contributed by atoms with E-state index in [9.17, 15) is 0 Å². The van der Waals surface area contributed by atoms with E-state index in [4.69, 9.17) is 14.7 Å². The molecule has 0 bridgehead atoms. The van der Waals surface area contributed by atoms with Crippen molar-refractivity contribution in [3.63, 3.8) is 0 Å². The number of hydrogen-bond acceptors (Lipinski definition) is 4. The molecule has 18 heavy (non-hydrogen) atoms. The molecule has 1 saturated heterocycles. The first-order valence-corrected chi connectivity index (χ1v) is 6.38. The van der Waals surface area contributed by atoms with Crippen molar-refractivity contribution in [1.29, 1.82) is 5.26 Å². The zero-order valence-corrected chi connectivity index (χ0v) is 10.2. The fourth-order valence-electron chi connectivity index (χ4n) is 2.63. The topological polar surface area (TPSA) is 54.3 Å². The van der Waals surface area contributed by atoms with Crippen LogP contribution in [0.3, 0.4) is 0 Å². The van der Waals surface area contributed by atoms with Crippen molar-refractivity contribution >= 4 is 5.69 Å². The molecule has 0 amide bonds. The average molecular weight is 244 g/mol. The lowest BCUT2D eigenvalue weighted by Crippen LogP contribution is -2.40. The predicted octanol–water partition coefficient (Wildman–Crippen LogP) is 2.16. The first-order chi connectivity index (χ1) is 8.86. The number of nitriles is 1. The van der Waals surface area contributed by atoms with Crippen molar-refractivity contribution < 1.29 is 9.47 Å². The van der Waals surface area contributed by atoms with Crippen molar-refractivity contribution in [2.75, 3.05) is 25.1 Å². The molecule has 0 saturated carbocycles. The molecule has 2 aliphatic heterocycles. The summed E-state index contributed by atoms with van der Waals surface area (Å²) < 4.78 is 11.2. The summed E-state index contributed by atoms with van der Waals surface area (Å²) in [7, 11) is 0. The Balaban J connectivity index is 1.77. The highest BCUT2D eigenvalue weighted by atomic mass is 16.5. The molecule has 2 heterocycles. The molecule has 1 fully saturated rings. The van der Waals surface area contributed by atoms with E-state index in [1.54, 1.807) is 6.07 Å². The number of fused-ring (bicyclic) bond motifs is 1. The predicted molar refractivity (Wildman–Crippen MR) is 67.6 cm³/mol. The third-order valence-electron chi connectivity index (χ3n) is 3.70. The maximum absolute atomic E-state index is 8.92. The van der Waals surface area contributed by atoms with Crippen molar-refractivity contribution in [3.05, 3.63) is 23.8 Å². The maximum atomic E-state index is 8.92. The molecule has 94 valence electrons. The van der Waals surface area contributed by atoms with E-state index >= 15 is 0 Å². The molecule has 4 heteroatoms. The van der Waals surface area contributed by atoms with Gasteiger partial charge in [0.15, 0.2) is 0 Å². The first-order valence-electron chi connectivity index (χ1n) is 6.38. The van der Waals surface area contributed by atoms with Gasteiger partial charge in [-0.3, -0.25) is 0 Å². The number of hydrogen-bond donors (Lipinski definition) is 1. The fraction of sp³-hybridized carbons (Fsp3) is 0.500. The van der Waals surface area contributed by atoms with Gasteiger partial charge >= 0.3 is 0 Å². The summed E-state index contributed by atoms with van der Waals surface area (Å²) >= 11 is 0. The molecular weight excluding hydrogens is 228 g/mol. The molecular formula is C14H16N2O2. The minimum Gasteiger partial charge on any atom is -0.489 e. The zero-order chi connectivity index (χ0) is 12.4. The highest BCUT2D eigenvalue weighted by Crippen LogP contribution is 2.33. The Morgan fingerprint density at radius 1 is 1.28 bits per heavy atom. The Morgan fingerprint density at radius 3 is 2.89 bits per heavy atom. The van der Waals surface area contributed by atoms with E-state index in [0.29, 0.717) is 24.1 Å². The summed E-state index contributed by atoms with van der Waals surface area (Å²) in [4.78, 5) is 0. The number of rotatable bonds is 1. The fourth-order valence-corrected chi connectivity index (χ4v) is 2.63. The highest BCUT2D eigenvalue weighted by Gasteiger charge is 2.28. The third kappa shape index (κ3) is 2.14. The summed E-state index contributed by atoms with van der Waals surface area (Å²) in [5, 5.41) is 12.4. The second-order valence-corrected chi connectivity index (χ2v) is 4.83. The Labute approximate surface area is 107 Å². The molecule has 2 aliphatic rings. The smallest absolute Gasteiger partial charge is 0.142 e. The van der Waals surface area contributed by atoms with Crippen LogP contribution in [0, 0.1) is 17.2 Å². The van der Waals surface area contributed by atoms with Gasteiger partial charge in [-0.05, 0) is 37.0 Å². The standard InChI is InChI=1S/C14H16N2O2/c15-8-10-1-2-14-12(7-10)16-13(9-18-14)11-3-5-17-6-4-11/h1-2,7,11,13,16H,3-6,9H2. The van der Waals surface area contributed by atoms with E-state index < -0.39 is 0 Å². The van der Waals surface area contributed by atoms with Gasteiger partial charge in [-0.1, -0.05) is 0 Å². The van der Waals surface area contributed by atoms with E-state index in [2.05, 4.69) is 11.4 Å². The second kappa shape index (κ2) is 4.87. The van der Waals surface area contributed by atoms with E-state index in [0.717, 1.165) is 37.5 Å². The monoisotopic (exact) mass is 244 g/mol. The Morgan fingerprint density at radius 2 is 2.11 bits per heavy atom. The summed E-state index contributed by atoms with van der Waals surface area (Å²) in [6.45, 7) is 2.38. The first kappa shape index (κ1) is 11.4. The van der Waals surface area contributed by atoms with E-state index in [1.807, 2.05) is 12.1 Å². The molecule has 0 radical (unpaired) electrons. The number of nitrogens with one attached hydrogen (secondary N) is 1. The molecule has 1 aromatic rings. The van der Waals surface area contributed by atoms with Crippen molar-refractivity contribution in [3.8, 4) is 11.8 Å². The minimum absolute atomic E-state index is 0.329. The van der Waals surface area contributed by atoms with Crippen LogP contribution in [-0.2, 0) is 4.74 Å². The average Bonchev–Trinajstić information content (AvgIpc) is 2.47. The van der Waals surface area contributed by atoms with Crippen LogP contribution < -0.4 is 10.1 Å². The van der Waals surface area contributed by atoms with Crippen molar-refractivity contribution in [1.82, 2.24) is 0 Å². The summed E-state index contributed by atoms with van der Waals surface area (Å²) in [5.41, 5.74) is 1.61. The van der Waals surface area contributed by atoms with Gasteiger partial charge in [0.2, 0.25) is 0 Å². The maximum Gasteiger partial charge on any atom is 0.142 e. The van der Waals surface area contributed by atoms with Gasteiger partial charge in [-0.2, -0.15) is 5.26 Å². The van der Waals surface area contributed by atoms with Gasteiger partial charge in [0, 0.05) is 13.2 Å². The van der Waals surface area contributed by atoms with Gasteiger partial charge < -0.3 is 14.8 Å². The lowest BCUT2D eigenvalue weighted by atomic mass is 9.91. The number of anilines is 1. The Kier molecular flexibility index (Phi) is 3.07. The molecule has 3 rings (SSSR count). The van der Waals surface area contributed by atoms with Crippen LogP contribution in [0.4, 0.5) is 5.69 Å². The van der Waals surface area contributed by atoms with Crippen LogP contribution in [0.15, 0.2) is 18.2 Å². The Bertz CT molecular complexity index is 475. The van der Waals surface area contributed by atoms with Gasteiger partial charge in [0.05, 0.1) is 23.4 Å². The molecule has 4 nitrogen and oxygen atoms in total. The molecule has 0 spiro atoms. The molecule has 1 aromatic carbocycles. The molecule has 1 atom stereocenters. The minimum atomic E-state index is 0.329. The normalized spacial score (nSPS) is 23.4. The lowest BCUT2D eigenvalue weighted by Gasteiger charge is -2.35. The summed E-state index contributed by atoms with van der Waals surface area (Å²) in [6.07, 6.45) is 2.16. The lowest BCUT2D eigenvalue weighted by molar-refractivity contribution is 0.0536. The number of ether oxygens (including phenoxy) is 2. The van der Waals surface area contributed by atoms with E-state index in [1.165, 1.54) is 0 Å². The van der Waals surface area contributed by atoms with Crippen LogP contribution in [0.5, 0.6) is 5.75 Å². The highest BCUT2D eigenvalue weighted by molar-refractivity contribution is 5.61. The SMILES string of the molecule is N#Cc1ccc2c(c1)NC(C1CCOCC1)CO2. The second-order valence-electron chi connectivity index (χ2n) is 4.83. The quantitative estimate of drug-likeness (QED) is 0.822. The van der Waals surface area contributed by atoms with Gasteiger partial charge in [0.25, 0.3) is 0 Å². The molecule has 1 N–H and O–H groups in total. The molecule has 0 aliphatic carbocycles. The van der Waals surface area contributed by atoms with Gasteiger partial charge in [0.1, 0.15) is 12.4 Å². The molecule has 0 aromatic heterocycles. The van der Waals surface area contributed by atoms with Crippen LogP contribution in [0.25, 0.3) is 0 Å². The third-order valence-corrected chi connectivity index (χ3v) is 3.70. The van der Waals surface area contributed by atoms with Crippen LogP contribution in [-0.4, -0.2) is 25.9 Å². The Hall–Kier alpha value is -1.73. The van der Waals surface area contributed by atoms with Gasteiger partial charge in [-0.15, -0.1) is 0 Å². The van der Waals surface area contributed by atoms with Crippen LogP contribution in [0.1, 0.15) is 18.4 Å². The van der Waals surface area contributed by atoms with Crippen LogP contribution in [0.2, 0.25) is 0 Å². The van der Waals surface area contributed by atoms with Crippen molar-refractivity contribution in [2.45, 2.75) is 18.9 Å².